The lowest BCUT2D eigenvalue weighted by Crippen LogP contribution is -2.63. The molecule has 8 atom stereocenters. The first-order valence-corrected chi connectivity index (χ1v) is 12.4. The zero-order valence-electron chi connectivity index (χ0n) is 20.1. The zero-order chi connectivity index (χ0) is 24.0. The number of hydrogen-bond donors (Lipinski definition) is 2. The molecule has 3 saturated carbocycles. The van der Waals surface area contributed by atoms with Crippen molar-refractivity contribution in [3.05, 3.63) is 11.6 Å². The van der Waals surface area contributed by atoms with Crippen LogP contribution in [0.25, 0.3) is 0 Å². The molecule has 1 heterocycles. The van der Waals surface area contributed by atoms with Crippen molar-refractivity contribution in [2.24, 2.45) is 28.6 Å². The van der Waals surface area contributed by atoms with Gasteiger partial charge in [-0.05, 0) is 64.4 Å². The molecule has 0 amide bonds. The van der Waals surface area contributed by atoms with E-state index in [-0.39, 0.29) is 54.1 Å². The summed E-state index contributed by atoms with van der Waals surface area (Å²) in [5.74, 6) is -1.59. The molecule has 5 aliphatic rings. The molecule has 7 heteroatoms. The molecule has 7 nitrogen and oxygen atoms in total. The standard InChI is InChI=1S/C26H36O7/c1-14(2)32-22(30)17-12-15-11-16(27)5-8-23(15,3)26-19(33-26)13-24(4)18(21(17)26)6-9-25(24,31)10-7-20(28)29/h11,14,17-19,21,31H,5-10,12-13H2,1-4H3,(H,28,29)/t17-,18+,19-,21+,23+,24+,25-,26-/m1/s1. The van der Waals surface area contributed by atoms with Crippen molar-refractivity contribution >= 4 is 17.7 Å². The fourth-order valence-electron chi connectivity index (χ4n) is 8.39. The molecule has 4 fully saturated rings. The Hall–Kier alpha value is -1.73. The molecule has 1 saturated heterocycles. The van der Waals surface area contributed by atoms with Gasteiger partial charge in [-0.3, -0.25) is 14.4 Å². The van der Waals surface area contributed by atoms with Gasteiger partial charge in [-0.1, -0.05) is 19.4 Å². The lowest BCUT2D eigenvalue weighted by atomic mass is 9.43. The maximum absolute atomic E-state index is 13.4. The summed E-state index contributed by atoms with van der Waals surface area (Å²) in [5, 5.41) is 21.0. The van der Waals surface area contributed by atoms with Gasteiger partial charge in [0.2, 0.25) is 0 Å². The number of carbonyl (C=O) groups excluding carboxylic acids is 2. The molecule has 0 radical (unpaired) electrons. The van der Waals surface area contributed by atoms with Gasteiger partial charge in [0.15, 0.2) is 5.78 Å². The third-order valence-corrected chi connectivity index (χ3v) is 10.1. The fourth-order valence-corrected chi connectivity index (χ4v) is 8.39. The van der Waals surface area contributed by atoms with E-state index in [1.54, 1.807) is 6.08 Å². The highest BCUT2D eigenvalue weighted by molar-refractivity contribution is 5.92. The van der Waals surface area contributed by atoms with Crippen molar-refractivity contribution < 1.29 is 34.1 Å². The molecule has 1 spiro atoms. The number of ketones is 1. The minimum absolute atomic E-state index is 0.0239. The molecular weight excluding hydrogens is 424 g/mol. The molecule has 182 valence electrons. The Morgan fingerprint density at radius 3 is 2.67 bits per heavy atom. The summed E-state index contributed by atoms with van der Waals surface area (Å²) in [6.45, 7) is 7.94. The Balaban J connectivity index is 1.58. The van der Waals surface area contributed by atoms with E-state index >= 15 is 0 Å². The number of esters is 1. The quantitative estimate of drug-likeness (QED) is 0.477. The predicted molar refractivity (Wildman–Crippen MR) is 118 cm³/mol. The first-order valence-electron chi connectivity index (χ1n) is 12.4. The maximum atomic E-state index is 13.4. The highest BCUT2D eigenvalue weighted by Crippen LogP contribution is 2.77. The van der Waals surface area contributed by atoms with Gasteiger partial charge in [0, 0.05) is 29.6 Å². The summed E-state index contributed by atoms with van der Waals surface area (Å²) < 4.78 is 12.3. The van der Waals surface area contributed by atoms with Crippen LogP contribution in [-0.2, 0) is 23.9 Å². The van der Waals surface area contributed by atoms with E-state index in [0.717, 1.165) is 12.0 Å². The molecule has 33 heavy (non-hydrogen) atoms. The zero-order valence-corrected chi connectivity index (χ0v) is 20.1. The number of carboxylic acid groups (broad SMARTS) is 1. The first-order chi connectivity index (χ1) is 15.4. The second-order valence-electron chi connectivity index (χ2n) is 11.9. The predicted octanol–water partition coefficient (Wildman–Crippen LogP) is 3.42. The number of aliphatic hydroxyl groups is 1. The average Bonchev–Trinajstić information content (AvgIpc) is 3.38. The highest BCUT2D eigenvalue weighted by Gasteiger charge is 2.82. The van der Waals surface area contributed by atoms with Gasteiger partial charge < -0.3 is 19.7 Å². The third-order valence-electron chi connectivity index (χ3n) is 10.1. The highest BCUT2D eigenvalue weighted by atomic mass is 16.6. The summed E-state index contributed by atoms with van der Waals surface area (Å²) >= 11 is 0. The Labute approximate surface area is 194 Å². The smallest absolute Gasteiger partial charge is 0.309 e. The number of carboxylic acids is 1. The van der Waals surface area contributed by atoms with Crippen LogP contribution in [0, 0.1) is 28.6 Å². The fraction of sp³-hybridized carbons (Fsp3) is 0.808. The Morgan fingerprint density at radius 2 is 2.00 bits per heavy atom. The SMILES string of the molecule is CC(C)OC(=O)[C@@H]1CC2=CC(=O)CC[C@]2(C)[C@@]23O[C@@H]2C[C@@]2(C)[C@@H](CC[C@@]2(O)CCC(=O)O)[C@H]13. The van der Waals surface area contributed by atoms with Crippen LogP contribution in [0.2, 0.25) is 0 Å². The van der Waals surface area contributed by atoms with Crippen molar-refractivity contribution in [2.75, 3.05) is 0 Å². The summed E-state index contributed by atoms with van der Waals surface area (Å²) in [6, 6.07) is 0. The van der Waals surface area contributed by atoms with Gasteiger partial charge in [0.1, 0.15) is 5.60 Å². The average molecular weight is 461 g/mol. The minimum Gasteiger partial charge on any atom is -0.481 e. The second-order valence-corrected chi connectivity index (χ2v) is 11.9. The number of ether oxygens (including phenoxy) is 2. The molecular formula is C26H36O7. The van der Waals surface area contributed by atoms with Crippen molar-refractivity contribution in [3.8, 4) is 0 Å². The molecule has 5 rings (SSSR count). The molecule has 4 aliphatic carbocycles. The summed E-state index contributed by atoms with van der Waals surface area (Å²) in [4.78, 5) is 37.0. The second kappa shape index (κ2) is 7.14. The first kappa shape index (κ1) is 23.0. The van der Waals surface area contributed by atoms with E-state index in [2.05, 4.69) is 13.8 Å². The Morgan fingerprint density at radius 1 is 1.27 bits per heavy atom. The Kier molecular flexibility index (Phi) is 4.98. The van der Waals surface area contributed by atoms with Crippen LogP contribution in [0.1, 0.15) is 79.1 Å². The van der Waals surface area contributed by atoms with Crippen LogP contribution in [-0.4, -0.2) is 51.3 Å². The number of hydrogen-bond acceptors (Lipinski definition) is 6. The van der Waals surface area contributed by atoms with Crippen LogP contribution >= 0.6 is 0 Å². The van der Waals surface area contributed by atoms with Crippen LogP contribution < -0.4 is 0 Å². The van der Waals surface area contributed by atoms with Crippen LogP contribution in [0.3, 0.4) is 0 Å². The largest absolute Gasteiger partial charge is 0.481 e. The molecule has 0 bridgehead atoms. The molecule has 1 aliphatic heterocycles. The van der Waals surface area contributed by atoms with Crippen LogP contribution in [0.5, 0.6) is 0 Å². The normalized spacial score (nSPS) is 47.7. The van der Waals surface area contributed by atoms with E-state index in [9.17, 15) is 24.6 Å². The van der Waals surface area contributed by atoms with E-state index < -0.39 is 28.5 Å². The third kappa shape index (κ3) is 2.97. The molecule has 0 aromatic carbocycles. The van der Waals surface area contributed by atoms with Gasteiger partial charge in [0.05, 0.1) is 23.7 Å². The van der Waals surface area contributed by atoms with Crippen LogP contribution in [0.4, 0.5) is 0 Å². The number of fused-ring (bicyclic) bond motifs is 3. The number of carbonyl (C=O) groups is 3. The van der Waals surface area contributed by atoms with Gasteiger partial charge >= 0.3 is 11.9 Å². The van der Waals surface area contributed by atoms with E-state index in [4.69, 9.17) is 9.47 Å². The van der Waals surface area contributed by atoms with Crippen LogP contribution in [0.15, 0.2) is 11.6 Å². The van der Waals surface area contributed by atoms with Gasteiger partial charge in [-0.15, -0.1) is 0 Å². The van der Waals surface area contributed by atoms with Gasteiger partial charge in [0.25, 0.3) is 0 Å². The molecule has 0 aromatic rings. The number of rotatable bonds is 5. The molecule has 2 N–H and O–H groups in total. The van der Waals surface area contributed by atoms with Crippen molar-refractivity contribution in [2.45, 2.75) is 102 Å². The lowest BCUT2D eigenvalue weighted by molar-refractivity contribution is -0.169. The summed E-state index contributed by atoms with van der Waals surface area (Å²) in [6.07, 6.45) is 5.10. The van der Waals surface area contributed by atoms with E-state index in [1.165, 1.54) is 0 Å². The van der Waals surface area contributed by atoms with Gasteiger partial charge in [-0.2, -0.15) is 0 Å². The number of aliphatic carboxylic acids is 1. The minimum atomic E-state index is -1.10. The molecule has 0 unspecified atom stereocenters. The van der Waals surface area contributed by atoms with E-state index in [0.29, 0.717) is 32.1 Å². The summed E-state index contributed by atoms with van der Waals surface area (Å²) in [5.41, 5.74) is -1.46. The topological polar surface area (TPSA) is 113 Å². The van der Waals surface area contributed by atoms with Gasteiger partial charge in [-0.25, -0.2) is 0 Å². The summed E-state index contributed by atoms with van der Waals surface area (Å²) in [7, 11) is 0. The molecule has 0 aromatic heterocycles. The lowest BCUT2D eigenvalue weighted by Gasteiger charge is -2.58. The van der Waals surface area contributed by atoms with Crippen molar-refractivity contribution in [3.63, 3.8) is 0 Å². The maximum Gasteiger partial charge on any atom is 0.309 e. The van der Waals surface area contributed by atoms with E-state index in [1.807, 2.05) is 13.8 Å². The number of epoxide rings is 1. The van der Waals surface area contributed by atoms with Crippen molar-refractivity contribution in [1.29, 1.82) is 0 Å². The van der Waals surface area contributed by atoms with Crippen molar-refractivity contribution in [1.82, 2.24) is 0 Å². The monoisotopic (exact) mass is 460 g/mol. The Bertz CT molecular complexity index is 939.